The summed E-state index contributed by atoms with van der Waals surface area (Å²) in [4.78, 5) is 40.2. The molecular formula is C38H32F3N3O9. The molecule has 274 valence electrons. The second-order valence-corrected chi connectivity index (χ2v) is 11.9. The molecule has 1 fully saturated rings. The molecule has 1 aromatic heterocycles. The summed E-state index contributed by atoms with van der Waals surface area (Å²) in [5, 5.41) is 19.6. The molecule has 0 aliphatic carbocycles. The molecule has 0 amide bonds. The summed E-state index contributed by atoms with van der Waals surface area (Å²) in [7, 11) is 1.43. The first-order valence-electron chi connectivity index (χ1n) is 16.2. The van der Waals surface area contributed by atoms with Gasteiger partial charge in [0, 0.05) is 5.56 Å². The number of aliphatic hydroxyl groups excluding tert-OH is 1. The minimum absolute atomic E-state index is 0.0493. The van der Waals surface area contributed by atoms with Gasteiger partial charge in [0.1, 0.15) is 18.9 Å². The van der Waals surface area contributed by atoms with Crippen molar-refractivity contribution in [2.75, 3.05) is 13.7 Å². The van der Waals surface area contributed by atoms with Crippen LogP contribution in [0.1, 0.15) is 43.0 Å². The number of aromatic nitrogens is 3. The van der Waals surface area contributed by atoms with Crippen LogP contribution >= 0.6 is 0 Å². The van der Waals surface area contributed by atoms with Crippen molar-refractivity contribution in [2.45, 2.75) is 37.3 Å². The molecule has 53 heavy (non-hydrogen) atoms. The van der Waals surface area contributed by atoms with Crippen LogP contribution in [0.15, 0.2) is 115 Å². The molecule has 6 rings (SSSR count). The zero-order valence-corrected chi connectivity index (χ0v) is 28.0. The number of hydrogen-bond donors (Lipinski definition) is 1. The third-order valence-corrected chi connectivity index (χ3v) is 8.34. The van der Waals surface area contributed by atoms with E-state index in [1.165, 1.54) is 67.8 Å². The fourth-order valence-electron chi connectivity index (χ4n) is 5.75. The highest BCUT2D eigenvalue weighted by molar-refractivity contribution is 5.91. The Morgan fingerprint density at radius 2 is 1.25 bits per heavy atom. The predicted molar refractivity (Wildman–Crippen MR) is 179 cm³/mol. The third kappa shape index (κ3) is 8.71. The average molecular weight is 732 g/mol. The summed E-state index contributed by atoms with van der Waals surface area (Å²) in [5.41, 5.74) is 0.516. The lowest BCUT2D eigenvalue weighted by atomic mass is 9.90. The lowest BCUT2D eigenvalue weighted by molar-refractivity contribution is -0.273. The second kappa shape index (κ2) is 16.1. The van der Waals surface area contributed by atoms with Crippen LogP contribution in [-0.2, 0) is 25.5 Å². The van der Waals surface area contributed by atoms with Crippen molar-refractivity contribution < 1.29 is 56.3 Å². The van der Waals surface area contributed by atoms with E-state index in [0.29, 0.717) is 10.3 Å². The van der Waals surface area contributed by atoms with Gasteiger partial charge in [0.15, 0.2) is 36.3 Å². The zero-order chi connectivity index (χ0) is 37.5. The van der Waals surface area contributed by atoms with Gasteiger partial charge in [-0.05, 0) is 60.7 Å². The molecule has 0 radical (unpaired) electrons. The highest BCUT2D eigenvalue weighted by Crippen LogP contribution is 2.40. The van der Waals surface area contributed by atoms with Gasteiger partial charge in [0.05, 0.1) is 29.7 Å². The summed E-state index contributed by atoms with van der Waals surface area (Å²) in [5.74, 6) is -4.40. The van der Waals surface area contributed by atoms with E-state index in [9.17, 15) is 32.7 Å². The molecule has 5 atom stereocenters. The van der Waals surface area contributed by atoms with Gasteiger partial charge in [-0.2, -0.15) is 13.2 Å². The highest BCUT2D eigenvalue weighted by atomic mass is 19.4. The molecule has 1 aliphatic heterocycles. The molecule has 0 spiro atoms. The van der Waals surface area contributed by atoms with Crippen molar-refractivity contribution in [2.24, 2.45) is 5.92 Å². The van der Waals surface area contributed by atoms with E-state index < -0.39 is 73.6 Å². The summed E-state index contributed by atoms with van der Waals surface area (Å²) >= 11 is 0. The molecule has 2 heterocycles. The van der Waals surface area contributed by atoms with Crippen LogP contribution in [0.25, 0.3) is 11.4 Å². The first kappa shape index (κ1) is 36.7. The lowest BCUT2D eigenvalue weighted by Crippen LogP contribution is -2.56. The molecule has 5 aromatic rings. The maximum absolute atomic E-state index is 14.2. The van der Waals surface area contributed by atoms with Crippen LogP contribution in [0.5, 0.6) is 5.75 Å². The molecule has 4 aromatic carbocycles. The van der Waals surface area contributed by atoms with Crippen LogP contribution in [0.4, 0.5) is 13.2 Å². The van der Waals surface area contributed by atoms with Crippen molar-refractivity contribution in [3.63, 3.8) is 0 Å². The van der Waals surface area contributed by atoms with Gasteiger partial charge in [-0.25, -0.2) is 14.4 Å². The van der Waals surface area contributed by atoms with E-state index in [0.717, 1.165) is 0 Å². The largest absolute Gasteiger partial charge is 0.497 e. The van der Waals surface area contributed by atoms with E-state index in [1.54, 1.807) is 54.6 Å². The fraction of sp³-hybridized carbons (Fsp3) is 0.237. The Hall–Kier alpha value is -6.06. The number of aliphatic hydroxyl groups is 1. The van der Waals surface area contributed by atoms with E-state index in [1.807, 2.05) is 0 Å². The molecule has 0 saturated carbocycles. The molecule has 1 aliphatic rings. The fourth-order valence-corrected chi connectivity index (χ4v) is 5.75. The van der Waals surface area contributed by atoms with Crippen LogP contribution in [-0.4, -0.2) is 76.2 Å². The molecule has 15 heteroatoms. The van der Waals surface area contributed by atoms with E-state index in [-0.39, 0.29) is 28.1 Å². The normalized spacial score (nSPS) is 19.9. The molecule has 5 unspecified atom stereocenters. The highest BCUT2D eigenvalue weighted by Gasteiger charge is 2.53. The summed E-state index contributed by atoms with van der Waals surface area (Å²) in [6.07, 6.45) is -12.0. The van der Waals surface area contributed by atoms with Gasteiger partial charge in [-0.15, -0.1) is 10.2 Å². The Bertz CT molecular complexity index is 2010. The number of esters is 3. The van der Waals surface area contributed by atoms with E-state index >= 15 is 0 Å². The molecule has 1 N–H and O–H groups in total. The van der Waals surface area contributed by atoms with Gasteiger partial charge in [0.25, 0.3) is 0 Å². The van der Waals surface area contributed by atoms with Gasteiger partial charge in [-0.3, -0.25) is 4.57 Å². The van der Waals surface area contributed by atoms with Gasteiger partial charge in [-0.1, -0.05) is 54.6 Å². The van der Waals surface area contributed by atoms with Crippen molar-refractivity contribution in [3.8, 4) is 17.1 Å². The van der Waals surface area contributed by atoms with Crippen molar-refractivity contribution >= 4 is 17.9 Å². The smallest absolute Gasteiger partial charge is 0.406 e. The lowest BCUT2D eigenvalue weighted by Gasteiger charge is -2.43. The molecule has 12 nitrogen and oxygen atoms in total. The molecular weight excluding hydrogens is 699 g/mol. The number of carbonyl (C=O) groups is 3. The summed E-state index contributed by atoms with van der Waals surface area (Å²) < 4.78 is 71.8. The Labute approximate surface area is 300 Å². The standard InChI is InChI=1S/C38H32F3N3O9/c1-49-27-19-17-23(18-20-27)32-42-43-33(44(32)22-38(39,40)41)31-30(52-36(47)26-15-9-4-10-16-26)29(51-35(46)25-13-7-3-8-14-25)28(37(48)53-31)21-50-34(45)24-11-5-2-6-12-24/h2-20,28-31,37,48H,21-22H2,1H3. The first-order valence-corrected chi connectivity index (χ1v) is 16.2. The monoisotopic (exact) mass is 731 g/mol. The van der Waals surface area contributed by atoms with Crippen molar-refractivity contribution in [3.05, 3.63) is 138 Å². The van der Waals surface area contributed by atoms with Crippen LogP contribution in [0.3, 0.4) is 0 Å². The number of benzene rings is 4. The van der Waals surface area contributed by atoms with Crippen LogP contribution in [0, 0.1) is 5.92 Å². The topological polar surface area (TPSA) is 148 Å². The van der Waals surface area contributed by atoms with Gasteiger partial charge in [0.2, 0.25) is 0 Å². The molecule has 1 saturated heterocycles. The second-order valence-electron chi connectivity index (χ2n) is 11.9. The number of hydrogen-bond acceptors (Lipinski definition) is 11. The maximum atomic E-state index is 14.2. The third-order valence-electron chi connectivity index (χ3n) is 8.34. The van der Waals surface area contributed by atoms with E-state index in [4.69, 9.17) is 23.7 Å². The number of alkyl halides is 3. The zero-order valence-electron chi connectivity index (χ0n) is 28.0. The number of methoxy groups -OCH3 is 1. The minimum Gasteiger partial charge on any atom is -0.497 e. The summed E-state index contributed by atoms with van der Waals surface area (Å²) in [6.45, 7) is -2.24. The van der Waals surface area contributed by atoms with Crippen molar-refractivity contribution in [1.82, 2.24) is 14.8 Å². The number of rotatable bonds is 11. The van der Waals surface area contributed by atoms with Gasteiger partial charge >= 0.3 is 24.1 Å². The van der Waals surface area contributed by atoms with Crippen LogP contribution in [0.2, 0.25) is 0 Å². The maximum Gasteiger partial charge on any atom is 0.406 e. The number of halogens is 3. The number of carbonyl (C=O) groups excluding carboxylic acids is 3. The Morgan fingerprint density at radius 1 is 0.736 bits per heavy atom. The Kier molecular flexibility index (Phi) is 11.1. The Balaban J connectivity index is 1.45. The molecule has 0 bridgehead atoms. The first-order chi connectivity index (χ1) is 25.5. The van der Waals surface area contributed by atoms with Crippen LogP contribution < -0.4 is 4.74 Å². The SMILES string of the molecule is COc1ccc(-c2nnc(C3OC(O)C(COC(=O)c4ccccc4)C(OC(=O)c4ccccc4)C3OC(=O)c3ccccc3)n2CC(F)(F)F)cc1. The number of ether oxygens (including phenoxy) is 5. The Morgan fingerprint density at radius 3 is 1.75 bits per heavy atom. The average Bonchev–Trinajstić information content (AvgIpc) is 3.57. The van der Waals surface area contributed by atoms with E-state index in [2.05, 4.69) is 10.2 Å². The van der Waals surface area contributed by atoms with Crippen molar-refractivity contribution in [1.29, 1.82) is 0 Å². The predicted octanol–water partition coefficient (Wildman–Crippen LogP) is 5.83. The minimum atomic E-state index is -4.81. The number of nitrogens with zero attached hydrogens (tertiary/aromatic N) is 3. The van der Waals surface area contributed by atoms with Gasteiger partial charge < -0.3 is 28.8 Å². The summed E-state index contributed by atoms with van der Waals surface area (Å²) in [6, 6.07) is 29.3. The quantitative estimate of drug-likeness (QED) is 0.129.